The Morgan fingerprint density at radius 2 is 0.712 bits per heavy atom. The Bertz CT molecular complexity index is 1290. The van der Waals surface area contributed by atoms with E-state index in [1.165, 1.54) is 83.5 Å². The van der Waals surface area contributed by atoms with Crippen LogP contribution in [0.5, 0.6) is 0 Å². The number of carbonyl (C=O) groups is 4. The van der Waals surface area contributed by atoms with Crippen LogP contribution in [-0.4, -0.2) is 97.2 Å². The number of esters is 3. The predicted molar refractivity (Wildman–Crippen MR) is 252 cm³/mol. The molecule has 0 aromatic heterocycles. The first-order chi connectivity index (χ1) is 31.8. The van der Waals surface area contributed by atoms with Crippen LogP contribution >= 0.6 is 15.6 Å². The molecule has 0 aliphatic heterocycles. The fraction of sp³-hybridized carbons (Fsp3) is 0.915. The number of unbranched alkanes of at least 4 members (excludes halogenated alkanes) is 25. The van der Waals surface area contributed by atoms with Gasteiger partial charge in [0.1, 0.15) is 19.3 Å². The first-order valence-corrected chi connectivity index (χ1v) is 28.3. The lowest BCUT2D eigenvalue weighted by Crippen LogP contribution is -2.30. The van der Waals surface area contributed by atoms with E-state index in [1.54, 1.807) is 0 Å². The molecule has 0 fully saturated rings. The molecule has 0 bridgehead atoms. The number of rotatable bonds is 50. The molecule has 5 atom stereocenters. The standard InChI is InChI=1S/C47H90O17P2/c1-4-7-10-13-16-18-19-20-22-25-27-30-33-46(51)58-38-44(64-47(52)34-31-28-23-15-12-9-6-3)40-63-66(55,56)61-36-42(49)35-60-65(53,54)62-39-43(59-41-48)37-57-45(50)32-29-26-24-21-17-14-11-8-5-2/h41-44,49H,4-40H2,1-3H3,(H,53,54)(H,55,56)/t42-,43+,44+/m0/s1. The molecule has 0 aromatic carbocycles. The van der Waals surface area contributed by atoms with Crippen LogP contribution < -0.4 is 0 Å². The summed E-state index contributed by atoms with van der Waals surface area (Å²) in [4.78, 5) is 68.7. The van der Waals surface area contributed by atoms with Crippen molar-refractivity contribution in [2.24, 2.45) is 0 Å². The van der Waals surface area contributed by atoms with Gasteiger partial charge in [-0.3, -0.25) is 37.3 Å². The summed E-state index contributed by atoms with van der Waals surface area (Å²) in [6.45, 7) is 2.60. The summed E-state index contributed by atoms with van der Waals surface area (Å²) >= 11 is 0. The SMILES string of the molecule is CCCCCCCCCCCCCCC(=O)OC[C@H](COP(=O)(O)OC[C@@H](O)COP(=O)(O)OC[C@@H](COC(=O)CCCCCCCCCCC)OC=O)OC(=O)CCCCCCCCC. The van der Waals surface area contributed by atoms with Crippen molar-refractivity contribution in [3.8, 4) is 0 Å². The monoisotopic (exact) mass is 989 g/mol. The highest BCUT2D eigenvalue weighted by molar-refractivity contribution is 7.47. The molecule has 0 aromatic rings. The molecular weight excluding hydrogens is 898 g/mol. The smallest absolute Gasteiger partial charge is 0.462 e. The Hall–Kier alpha value is -1.94. The molecule has 0 radical (unpaired) electrons. The van der Waals surface area contributed by atoms with Gasteiger partial charge in [-0.15, -0.1) is 0 Å². The fourth-order valence-corrected chi connectivity index (χ4v) is 8.42. The van der Waals surface area contributed by atoms with Crippen molar-refractivity contribution in [1.29, 1.82) is 0 Å². The molecule has 0 aliphatic rings. The number of aliphatic hydroxyl groups is 1. The van der Waals surface area contributed by atoms with Gasteiger partial charge in [0.15, 0.2) is 12.2 Å². The van der Waals surface area contributed by atoms with Crippen molar-refractivity contribution >= 4 is 40.0 Å². The lowest BCUT2D eigenvalue weighted by Gasteiger charge is -2.21. The van der Waals surface area contributed by atoms with E-state index in [0.717, 1.165) is 77.0 Å². The van der Waals surface area contributed by atoms with Crippen LogP contribution in [-0.2, 0) is 65.4 Å². The molecule has 19 heteroatoms. The number of phosphoric acid groups is 2. The van der Waals surface area contributed by atoms with Gasteiger partial charge in [0.2, 0.25) is 0 Å². The average molecular weight is 989 g/mol. The second-order valence-electron chi connectivity index (χ2n) is 17.2. The molecule has 0 amide bonds. The summed E-state index contributed by atoms with van der Waals surface area (Å²) in [6, 6.07) is 0. The van der Waals surface area contributed by atoms with Crippen LogP contribution in [0.4, 0.5) is 0 Å². The van der Waals surface area contributed by atoms with Crippen molar-refractivity contribution in [2.45, 2.75) is 238 Å². The van der Waals surface area contributed by atoms with E-state index >= 15 is 0 Å². The second kappa shape index (κ2) is 44.3. The van der Waals surface area contributed by atoms with Crippen molar-refractivity contribution in [1.82, 2.24) is 0 Å². The van der Waals surface area contributed by atoms with Gasteiger partial charge in [0, 0.05) is 19.3 Å². The lowest BCUT2D eigenvalue weighted by atomic mass is 10.0. The first-order valence-electron chi connectivity index (χ1n) is 25.3. The van der Waals surface area contributed by atoms with Gasteiger partial charge in [-0.05, 0) is 19.3 Å². The summed E-state index contributed by atoms with van der Waals surface area (Å²) in [5.41, 5.74) is 0. The lowest BCUT2D eigenvalue weighted by molar-refractivity contribution is -0.161. The molecule has 0 rings (SSSR count). The van der Waals surface area contributed by atoms with Crippen LogP contribution in [0.2, 0.25) is 0 Å². The minimum Gasteiger partial charge on any atom is -0.462 e. The third-order valence-electron chi connectivity index (χ3n) is 10.8. The number of phosphoric ester groups is 2. The third kappa shape index (κ3) is 43.3. The van der Waals surface area contributed by atoms with E-state index < -0.39 is 91.5 Å². The Balaban J connectivity index is 4.78. The van der Waals surface area contributed by atoms with Crippen LogP contribution in [0.15, 0.2) is 0 Å². The van der Waals surface area contributed by atoms with E-state index in [4.69, 9.17) is 37.0 Å². The van der Waals surface area contributed by atoms with E-state index in [-0.39, 0.29) is 25.7 Å². The predicted octanol–water partition coefficient (Wildman–Crippen LogP) is 11.3. The largest absolute Gasteiger partial charge is 0.472 e. The van der Waals surface area contributed by atoms with Gasteiger partial charge < -0.3 is 33.8 Å². The second-order valence-corrected chi connectivity index (χ2v) is 20.1. The van der Waals surface area contributed by atoms with E-state index in [2.05, 4.69) is 20.8 Å². The number of hydrogen-bond donors (Lipinski definition) is 3. The van der Waals surface area contributed by atoms with E-state index in [1.807, 2.05) is 0 Å². The highest BCUT2D eigenvalue weighted by Gasteiger charge is 2.30. The maximum Gasteiger partial charge on any atom is 0.472 e. The topological polar surface area (TPSA) is 237 Å². The summed E-state index contributed by atoms with van der Waals surface area (Å²) in [5.74, 6) is -1.60. The van der Waals surface area contributed by atoms with Crippen molar-refractivity contribution in [3.05, 3.63) is 0 Å². The Morgan fingerprint density at radius 1 is 0.424 bits per heavy atom. The maximum absolute atomic E-state index is 12.7. The Labute approximate surface area is 397 Å². The van der Waals surface area contributed by atoms with Crippen molar-refractivity contribution < 1.29 is 80.2 Å². The van der Waals surface area contributed by atoms with Gasteiger partial charge in [-0.1, -0.05) is 181 Å². The maximum atomic E-state index is 12.7. The molecule has 0 saturated carbocycles. The molecule has 0 heterocycles. The van der Waals surface area contributed by atoms with Gasteiger partial charge in [-0.2, -0.15) is 0 Å². The number of carbonyl (C=O) groups excluding carboxylic acids is 4. The van der Waals surface area contributed by atoms with Gasteiger partial charge in [0.05, 0.1) is 26.4 Å². The van der Waals surface area contributed by atoms with Crippen LogP contribution in [0.3, 0.4) is 0 Å². The zero-order valence-electron chi connectivity index (χ0n) is 40.9. The highest BCUT2D eigenvalue weighted by Crippen LogP contribution is 2.45. The van der Waals surface area contributed by atoms with Crippen LogP contribution in [0, 0.1) is 0 Å². The normalized spacial score (nSPS) is 14.7. The summed E-state index contributed by atoms with van der Waals surface area (Å²) < 4.78 is 65.3. The zero-order chi connectivity index (χ0) is 49.0. The number of aliphatic hydroxyl groups excluding tert-OH is 1. The van der Waals surface area contributed by atoms with Crippen molar-refractivity contribution in [2.75, 3.05) is 39.6 Å². The molecule has 0 saturated heterocycles. The van der Waals surface area contributed by atoms with Gasteiger partial charge >= 0.3 is 33.6 Å². The minimum atomic E-state index is -4.91. The quantitative estimate of drug-likeness (QED) is 0.0169. The minimum absolute atomic E-state index is 0.0684. The van der Waals surface area contributed by atoms with Gasteiger partial charge in [0.25, 0.3) is 6.47 Å². The highest BCUT2D eigenvalue weighted by atomic mass is 31.2. The molecule has 3 N–H and O–H groups in total. The Kier molecular flexibility index (Phi) is 43.0. The van der Waals surface area contributed by atoms with Crippen molar-refractivity contribution in [3.63, 3.8) is 0 Å². The molecule has 390 valence electrons. The molecular formula is C47H90O17P2. The summed E-state index contributed by atoms with van der Waals surface area (Å²) in [6.07, 6.45) is 26.7. The van der Waals surface area contributed by atoms with E-state index in [0.29, 0.717) is 19.3 Å². The van der Waals surface area contributed by atoms with E-state index in [9.17, 15) is 43.2 Å². The summed E-state index contributed by atoms with van der Waals surface area (Å²) in [5, 5.41) is 10.3. The molecule has 17 nitrogen and oxygen atoms in total. The number of ether oxygens (including phenoxy) is 4. The molecule has 0 aliphatic carbocycles. The zero-order valence-corrected chi connectivity index (χ0v) is 42.7. The molecule has 66 heavy (non-hydrogen) atoms. The third-order valence-corrected chi connectivity index (χ3v) is 12.7. The van der Waals surface area contributed by atoms with Crippen LogP contribution in [0.25, 0.3) is 0 Å². The number of hydrogen-bond acceptors (Lipinski definition) is 15. The Morgan fingerprint density at radius 3 is 1.06 bits per heavy atom. The first kappa shape index (κ1) is 64.1. The average Bonchev–Trinajstić information content (AvgIpc) is 3.29. The molecule has 0 spiro atoms. The fourth-order valence-electron chi connectivity index (χ4n) is 6.84. The summed E-state index contributed by atoms with van der Waals surface area (Å²) in [7, 11) is -9.78. The van der Waals surface area contributed by atoms with Crippen LogP contribution in [0.1, 0.15) is 220 Å². The van der Waals surface area contributed by atoms with Gasteiger partial charge in [-0.25, -0.2) is 9.13 Å². The molecule has 2 unspecified atom stereocenters.